The monoisotopic (exact) mass is 220 g/mol. The molecule has 1 rings (SSSR count). The van der Waals surface area contributed by atoms with Crippen molar-refractivity contribution in [3.05, 3.63) is 29.8 Å². The topological polar surface area (TPSA) is 46.3 Å². The fraction of sp³-hybridized carbons (Fsp3) is 0.462. The lowest BCUT2D eigenvalue weighted by atomic mass is 10.0. The first-order valence-electron chi connectivity index (χ1n) is 5.65. The van der Waals surface area contributed by atoms with E-state index in [9.17, 15) is 4.79 Å². The second kappa shape index (κ2) is 6.16. The van der Waals surface area contributed by atoms with E-state index in [1.165, 1.54) is 11.3 Å². The molecule has 88 valence electrons. The first kappa shape index (κ1) is 12.6. The molecule has 0 spiro atoms. The van der Waals surface area contributed by atoms with Crippen molar-refractivity contribution in [3.8, 4) is 0 Å². The Morgan fingerprint density at radius 2 is 1.94 bits per heavy atom. The van der Waals surface area contributed by atoms with Gasteiger partial charge >= 0.3 is 0 Å². The van der Waals surface area contributed by atoms with Crippen LogP contribution < -0.4 is 10.6 Å². The largest absolute Gasteiger partial charge is 0.377 e. The second-order valence-corrected chi connectivity index (χ2v) is 4.20. The minimum Gasteiger partial charge on any atom is -0.377 e. The summed E-state index contributed by atoms with van der Waals surface area (Å²) in [7, 11) is 4.09. The van der Waals surface area contributed by atoms with Gasteiger partial charge < -0.3 is 10.6 Å². The highest BCUT2D eigenvalue weighted by atomic mass is 16.1. The number of hydrogen-bond acceptors (Lipinski definition) is 2. The molecule has 0 aliphatic heterocycles. The number of benzene rings is 1. The number of carbonyl (C=O) groups is 1. The number of unbranched alkanes of at least 4 members (excludes halogenated alkanes) is 1. The van der Waals surface area contributed by atoms with E-state index in [4.69, 9.17) is 5.73 Å². The molecule has 0 saturated carbocycles. The van der Waals surface area contributed by atoms with E-state index in [2.05, 4.69) is 23.1 Å². The first-order chi connectivity index (χ1) is 7.61. The van der Waals surface area contributed by atoms with E-state index >= 15 is 0 Å². The van der Waals surface area contributed by atoms with Crippen LogP contribution in [0, 0.1) is 0 Å². The molecule has 16 heavy (non-hydrogen) atoms. The molecule has 2 N–H and O–H groups in total. The number of nitrogens with two attached hydrogens (primary N) is 1. The maximum Gasteiger partial charge on any atom is 0.217 e. The van der Waals surface area contributed by atoms with Crippen LogP contribution in [0.5, 0.6) is 0 Å². The minimum absolute atomic E-state index is 0.208. The molecule has 3 nitrogen and oxygen atoms in total. The number of para-hydroxylation sites is 1. The van der Waals surface area contributed by atoms with Gasteiger partial charge in [-0.15, -0.1) is 0 Å². The standard InChI is InChI=1S/C13H20N2O/c1-15(2)12-9-5-3-7-11(12)8-4-6-10-13(14)16/h3,5,7,9H,4,6,8,10H2,1-2H3,(H2,14,16). The van der Waals surface area contributed by atoms with Gasteiger partial charge in [0.15, 0.2) is 0 Å². The predicted molar refractivity (Wildman–Crippen MR) is 67.5 cm³/mol. The Balaban J connectivity index is 2.50. The third-order valence-electron chi connectivity index (χ3n) is 2.59. The van der Waals surface area contributed by atoms with Crippen molar-refractivity contribution in [3.63, 3.8) is 0 Å². The summed E-state index contributed by atoms with van der Waals surface area (Å²) in [4.78, 5) is 12.7. The molecule has 0 unspecified atom stereocenters. The number of carbonyl (C=O) groups excluding carboxylic acids is 1. The molecule has 0 saturated heterocycles. The van der Waals surface area contributed by atoms with Crippen LogP contribution in [0.15, 0.2) is 24.3 Å². The van der Waals surface area contributed by atoms with Gasteiger partial charge in [0.25, 0.3) is 0 Å². The van der Waals surface area contributed by atoms with Gasteiger partial charge in [-0.25, -0.2) is 0 Å². The summed E-state index contributed by atoms with van der Waals surface area (Å²) >= 11 is 0. The zero-order valence-corrected chi connectivity index (χ0v) is 10.1. The Morgan fingerprint density at radius 1 is 1.25 bits per heavy atom. The van der Waals surface area contributed by atoms with Crippen LogP contribution in [-0.2, 0) is 11.2 Å². The molecule has 0 heterocycles. The summed E-state index contributed by atoms with van der Waals surface area (Å²) in [5.41, 5.74) is 7.68. The van der Waals surface area contributed by atoms with Crippen LogP contribution in [0.1, 0.15) is 24.8 Å². The summed E-state index contributed by atoms with van der Waals surface area (Å²) in [6.45, 7) is 0. The Labute approximate surface area is 97.2 Å². The fourth-order valence-electron chi connectivity index (χ4n) is 1.77. The summed E-state index contributed by atoms with van der Waals surface area (Å²) < 4.78 is 0. The molecule has 0 bridgehead atoms. The van der Waals surface area contributed by atoms with Crippen LogP contribution in [0.3, 0.4) is 0 Å². The molecule has 1 aromatic rings. The van der Waals surface area contributed by atoms with Crippen molar-refractivity contribution in [2.24, 2.45) is 5.73 Å². The number of primary amides is 1. The third kappa shape index (κ3) is 3.93. The predicted octanol–water partition coefficient (Wildman–Crippen LogP) is 1.95. The third-order valence-corrected chi connectivity index (χ3v) is 2.59. The average molecular weight is 220 g/mol. The highest BCUT2D eigenvalue weighted by molar-refractivity contribution is 5.73. The van der Waals surface area contributed by atoms with Gasteiger partial charge in [0.1, 0.15) is 0 Å². The fourth-order valence-corrected chi connectivity index (χ4v) is 1.77. The second-order valence-electron chi connectivity index (χ2n) is 4.20. The normalized spacial score (nSPS) is 10.1. The summed E-state index contributed by atoms with van der Waals surface area (Å²) in [5.74, 6) is -0.208. The van der Waals surface area contributed by atoms with E-state index < -0.39 is 0 Å². The average Bonchev–Trinajstić information content (AvgIpc) is 2.24. The molecule has 1 aromatic carbocycles. The summed E-state index contributed by atoms with van der Waals surface area (Å²) in [5, 5.41) is 0. The molecule has 0 aromatic heterocycles. The number of amides is 1. The van der Waals surface area contributed by atoms with E-state index in [1.54, 1.807) is 0 Å². The van der Waals surface area contributed by atoms with Crippen molar-refractivity contribution in [2.45, 2.75) is 25.7 Å². The molecule has 0 radical (unpaired) electrons. The Bertz CT molecular complexity index is 348. The number of anilines is 1. The molecule has 3 heteroatoms. The van der Waals surface area contributed by atoms with E-state index in [-0.39, 0.29) is 5.91 Å². The zero-order valence-electron chi connectivity index (χ0n) is 10.1. The maximum atomic E-state index is 10.6. The van der Waals surface area contributed by atoms with E-state index in [1.807, 2.05) is 20.2 Å². The van der Waals surface area contributed by atoms with Crippen LogP contribution in [0.4, 0.5) is 5.69 Å². The van der Waals surface area contributed by atoms with E-state index in [0.29, 0.717) is 6.42 Å². The lowest BCUT2D eigenvalue weighted by molar-refractivity contribution is -0.118. The number of aryl methyl sites for hydroxylation is 1. The SMILES string of the molecule is CN(C)c1ccccc1CCCCC(N)=O. The van der Waals surface area contributed by atoms with Gasteiger partial charge in [-0.2, -0.15) is 0 Å². The summed E-state index contributed by atoms with van der Waals surface area (Å²) in [6.07, 6.45) is 3.37. The highest BCUT2D eigenvalue weighted by Crippen LogP contribution is 2.20. The van der Waals surface area contributed by atoms with Crippen molar-refractivity contribution in [1.82, 2.24) is 0 Å². The van der Waals surface area contributed by atoms with Crippen LogP contribution in [-0.4, -0.2) is 20.0 Å². The Hall–Kier alpha value is -1.51. The lowest BCUT2D eigenvalue weighted by Crippen LogP contribution is -2.12. The smallest absolute Gasteiger partial charge is 0.217 e. The van der Waals surface area contributed by atoms with E-state index in [0.717, 1.165) is 19.3 Å². The molecule has 0 fully saturated rings. The van der Waals surface area contributed by atoms with Gasteiger partial charge in [0.2, 0.25) is 5.91 Å². The quantitative estimate of drug-likeness (QED) is 0.745. The van der Waals surface area contributed by atoms with Gasteiger partial charge in [0, 0.05) is 26.2 Å². The molecule has 1 amide bonds. The minimum atomic E-state index is -0.208. The Kier molecular flexibility index (Phi) is 4.83. The van der Waals surface area contributed by atoms with Gasteiger partial charge in [-0.1, -0.05) is 18.2 Å². The Morgan fingerprint density at radius 3 is 2.56 bits per heavy atom. The zero-order chi connectivity index (χ0) is 12.0. The molecule has 0 aliphatic carbocycles. The van der Waals surface area contributed by atoms with Crippen molar-refractivity contribution < 1.29 is 4.79 Å². The van der Waals surface area contributed by atoms with Gasteiger partial charge in [0.05, 0.1) is 0 Å². The van der Waals surface area contributed by atoms with Crippen molar-refractivity contribution in [2.75, 3.05) is 19.0 Å². The number of nitrogens with zero attached hydrogens (tertiary/aromatic N) is 1. The van der Waals surface area contributed by atoms with Crippen molar-refractivity contribution >= 4 is 11.6 Å². The highest BCUT2D eigenvalue weighted by Gasteiger charge is 2.03. The molecule has 0 aliphatic rings. The lowest BCUT2D eigenvalue weighted by Gasteiger charge is -2.17. The first-order valence-corrected chi connectivity index (χ1v) is 5.65. The molecule has 0 atom stereocenters. The summed E-state index contributed by atoms with van der Waals surface area (Å²) in [6, 6.07) is 8.35. The van der Waals surface area contributed by atoms with Gasteiger partial charge in [-0.3, -0.25) is 4.79 Å². The number of rotatable bonds is 6. The molecular formula is C13H20N2O. The van der Waals surface area contributed by atoms with Crippen LogP contribution >= 0.6 is 0 Å². The maximum absolute atomic E-state index is 10.6. The van der Waals surface area contributed by atoms with Crippen LogP contribution in [0.25, 0.3) is 0 Å². The number of hydrogen-bond donors (Lipinski definition) is 1. The van der Waals surface area contributed by atoms with Gasteiger partial charge in [-0.05, 0) is 30.9 Å². The van der Waals surface area contributed by atoms with Crippen LogP contribution in [0.2, 0.25) is 0 Å². The molecular weight excluding hydrogens is 200 g/mol. The van der Waals surface area contributed by atoms with Crippen molar-refractivity contribution in [1.29, 1.82) is 0 Å².